The Bertz CT molecular complexity index is 426. The number of ether oxygens (including phenoxy) is 1. The van der Waals surface area contributed by atoms with Crippen LogP contribution in [0.4, 0.5) is 0 Å². The van der Waals surface area contributed by atoms with Crippen LogP contribution in [0.5, 0.6) is 5.75 Å². The van der Waals surface area contributed by atoms with E-state index in [0.29, 0.717) is 13.0 Å². The molecule has 1 aromatic rings. The molecule has 1 aromatic carbocycles. The Morgan fingerprint density at radius 2 is 2.32 bits per heavy atom. The smallest absolute Gasteiger partial charge is 0.227 e. The van der Waals surface area contributed by atoms with Crippen molar-refractivity contribution in [2.75, 3.05) is 20.2 Å². The third kappa shape index (κ3) is 4.40. The van der Waals surface area contributed by atoms with Crippen molar-refractivity contribution in [3.63, 3.8) is 0 Å². The largest absolute Gasteiger partial charge is 0.497 e. The molecule has 0 radical (unpaired) electrons. The lowest BCUT2D eigenvalue weighted by Gasteiger charge is -2.30. The first-order valence-corrected chi connectivity index (χ1v) is 6.35. The highest BCUT2D eigenvalue weighted by Crippen LogP contribution is 2.15. The summed E-state index contributed by atoms with van der Waals surface area (Å²) in [7, 11) is 1.63. The van der Waals surface area contributed by atoms with E-state index in [9.17, 15) is 4.79 Å². The average molecular weight is 285 g/mol. The van der Waals surface area contributed by atoms with Crippen molar-refractivity contribution in [3.05, 3.63) is 29.8 Å². The van der Waals surface area contributed by atoms with Gasteiger partial charge in [-0.25, -0.2) is 0 Å². The molecule has 2 rings (SSSR count). The number of nitrogens with zero attached hydrogens (tertiary/aromatic N) is 1. The van der Waals surface area contributed by atoms with Crippen molar-refractivity contribution >= 4 is 18.3 Å². The second-order valence-corrected chi connectivity index (χ2v) is 4.77. The van der Waals surface area contributed by atoms with E-state index in [4.69, 9.17) is 10.5 Å². The third-order valence-corrected chi connectivity index (χ3v) is 3.30. The Balaban J connectivity index is 0.00000180. The lowest BCUT2D eigenvalue weighted by Crippen LogP contribution is -2.46. The van der Waals surface area contributed by atoms with Crippen LogP contribution in [0.15, 0.2) is 24.3 Å². The molecule has 1 heterocycles. The van der Waals surface area contributed by atoms with Crippen molar-refractivity contribution in [1.29, 1.82) is 0 Å². The molecule has 1 saturated heterocycles. The Morgan fingerprint density at radius 1 is 1.53 bits per heavy atom. The van der Waals surface area contributed by atoms with Gasteiger partial charge in [-0.3, -0.25) is 4.79 Å². The van der Waals surface area contributed by atoms with Crippen LogP contribution in [0.25, 0.3) is 0 Å². The van der Waals surface area contributed by atoms with Gasteiger partial charge in [0, 0.05) is 19.1 Å². The van der Waals surface area contributed by atoms with E-state index >= 15 is 0 Å². The lowest BCUT2D eigenvalue weighted by molar-refractivity contribution is -0.131. The van der Waals surface area contributed by atoms with Crippen LogP contribution in [0, 0.1) is 0 Å². The zero-order chi connectivity index (χ0) is 13.0. The van der Waals surface area contributed by atoms with Crippen LogP contribution in [0.3, 0.4) is 0 Å². The number of methoxy groups -OCH3 is 1. The predicted octanol–water partition coefficient (Wildman–Crippen LogP) is 1.61. The fraction of sp³-hybridized carbons (Fsp3) is 0.500. The van der Waals surface area contributed by atoms with E-state index in [-0.39, 0.29) is 24.4 Å². The van der Waals surface area contributed by atoms with E-state index in [2.05, 4.69) is 0 Å². The zero-order valence-electron chi connectivity index (χ0n) is 11.2. The number of piperidine rings is 1. The van der Waals surface area contributed by atoms with Gasteiger partial charge in [-0.1, -0.05) is 12.1 Å². The minimum atomic E-state index is 0. The van der Waals surface area contributed by atoms with Crippen molar-refractivity contribution in [2.45, 2.75) is 25.3 Å². The summed E-state index contributed by atoms with van der Waals surface area (Å²) < 4.78 is 5.15. The maximum atomic E-state index is 12.1. The van der Waals surface area contributed by atoms with E-state index in [1.165, 1.54) is 0 Å². The first-order valence-electron chi connectivity index (χ1n) is 6.35. The normalized spacial score (nSPS) is 18.6. The molecule has 19 heavy (non-hydrogen) atoms. The van der Waals surface area contributed by atoms with Crippen LogP contribution < -0.4 is 10.5 Å². The van der Waals surface area contributed by atoms with Crippen LogP contribution in [-0.4, -0.2) is 37.0 Å². The summed E-state index contributed by atoms with van der Waals surface area (Å²) in [6, 6.07) is 7.77. The number of hydrogen-bond donors (Lipinski definition) is 1. The molecular formula is C14H21ClN2O2. The number of benzene rings is 1. The molecule has 0 aliphatic carbocycles. The number of rotatable bonds is 3. The second kappa shape index (κ2) is 7.36. The predicted molar refractivity (Wildman–Crippen MR) is 77.7 cm³/mol. The molecule has 1 atom stereocenters. The van der Waals surface area contributed by atoms with Gasteiger partial charge in [0.05, 0.1) is 13.5 Å². The number of carbonyl (C=O) groups is 1. The highest BCUT2D eigenvalue weighted by molar-refractivity contribution is 5.85. The SMILES string of the molecule is COc1cccc(CC(=O)N2CCC[C@@H](N)C2)c1.Cl. The Hall–Kier alpha value is -1.26. The fourth-order valence-corrected chi connectivity index (χ4v) is 2.31. The van der Waals surface area contributed by atoms with E-state index in [1.807, 2.05) is 29.2 Å². The third-order valence-electron chi connectivity index (χ3n) is 3.30. The molecule has 0 bridgehead atoms. The van der Waals surface area contributed by atoms with Crippen LogP contribution >= 0.6 is 12.4 Å². The highest BCUT2D eigenvalue weighted by atomic mass is 35.5. The molecule has 1 fully saturated rings. The summed E-state index contributed by atoms with van der Waals surface area (Å²) in [6.45, 7) is 1.51. The van der Waals surface area contributed by atoms with Gasteiger partial charge < -0.3 is 15.4 Å². The van der Waals surface area contributed by atoms with Gasteiger partial charge in [-0.05, 0) is 30.5 Å². The topological polar surface area (TPSA) is 55.6 Å². The first-order chi connectivity index (χ1) is 8.69. The molecule has 4 nitrogen and oxygen atoms in total. The molecule has 0 unspecified atom stereocenters. The van der Waals surface area contributed by atoms with Gasteiger partial charge >= 0.3 is 0 Å². The fourth-order valence-electron chi connectivity index (χ4n) is 2.31. The molecule has 0 saturated carbocycles. The van der Waals surface area contributed by atoms with Crippen molar-refractivity contribution in [2.24, 2.45) is 5.73 Å². The molecule has 1 aliphatic rings. The number of likely N-dealkylation sites (tertiary alicyclic amines) is 1. The molecule has 1 amide bonds. The summed E-state index contributed by atoms with van der Waals surface area (Å²) in [5.41, 5.74) is 6.87. The maximum Gasteiger partial charge on any atom is 0.227 e. The van der Waals surface area contributed by atoms with E-state index < -0.39 is 0 Å². The van der Waals surface area contributed by atoms with Crippen LogP contribution in [0.1, 0.15) is 18.4 Å². The number of halogens is 1. The van der Waals surface area contributed by atoms with Gasteiger partial charge in [0.2, 0.25) is 5.91 Å². The number of carbonyl (C=O) groups excluding carboxylic acids is 1. The van der Waals surface area contributed by atoms with Crippen LogP contribution in [0.2, 0.25) is 0 Å². The number of hydrogen-bond acceptors (Lipinski definition) is 3. The quantitative estimate of drug-likeness (QED) is 0.917. The second-order valence-electron chi connectivity index (χ2n) is 4.77. The summed E-state index contributed by atoms with van der Waals surface area (Å²) in [5, 5.41) is 0. The minimum Gasteiger partial charge on any atom is -0.497 e. The molecular weight excluding hydrogens is 264 g/mol. The zero-order valence-corrected chi connectivity index (χ0v) is 12.0. The lowest BCUT2D eigenvalue weighted by atomic mass is 10.0. The maximum absolute atomic E-state index is 12.1. The summed E-state index contributed by atoms with van der Waals surface area (Å²) in [4.78, 5) is 14.0. The molecule has 0 aromatic heterocycles. The van der Waals surface area contributed by atoms with Crippen molar-refractivity contribution < 1.29 is 9.53 Å². The van der Waals surface area contributed by atoms with Gasteiger partial charge in [0.25, 0.3) is 0 Å². The van der Waals surface area contributed by atoms with Gasteiger partial charge in [0.1, 0.15) is 5.75 Å². The van der Waals surface area contributed by atoms with Gasteiger partial charge in [-0.2, -0.15) is 0 Å². The summed E-state index contributed by atoms with van der Waals surface area (Å²) in [5.74, 6) is 0.939. The summed E-state index contributed by atoms with van der Waals surface area (Å²) >= 11 is 0. The number of amides is 1. The Kier molecular flexibility index (Phi) is 6.12. The standard InChI is InChI=1S/C14H20N2O2.ClH/c1-18-13-6-2-4-11(8-13)9-14(17)16-7-3-5-12(15)10-16;/h2,4,6,8,12H,3,5,7,9-10,15H2,1H3;1H/t12-;/m1./s1. The molecule has 5 heteroatoms. The minimum absolute atomic E-state index is 0. The molecule has 2 N–H and O–H groups in total. The van der Waals surface area contributed by atoms with E-state index in [0.717, 1.165) is 30.7 Å². The molecule has 0 spiro atoms. The highest BCUT2D eigenvalue weighted by Gasteiger charge is 2.21. The number of nitrogens with two attached hydrogens (primary N) is 1. The summed E-state index contributed by atoms with van der Waals surface area (Å²) in [6.07, 6.45) is 2.44. The Labute approximate surface area is 120 Å². The first kappa shape index (κ1) is 15.8. The average Bonchev–Trinajstić information content (AvgIpc) is 2.39. The van der Waals surface area contributed by atoms with Gasteiger partial charge in [-0.15, -0.1) is 12.4 Å². The Morgan fingerprint density at radius 3 is 3.00 bits per heavy atom. The van der Waals surface area contributed by atoms with Crippen molar-refractivity contribution in [1.82, 2.24) is 4.90 Å². The molecule has 1 aliphatic heterocycles. The van der Waals surface area contributed by atoms with Crippen molar-refractivity contribution in [3.8, 4) is 5.75 Å². The van der Waals surface area contributed by atoms with Gasteiger partial charge in [0.15, 0.2) is 0 Å². The molecule has 106 valence electrons. The monoisotopic (exact) mass is 284 g/mol. The van der Waals surface area contributed by atoms with E-state index in [1.54, 1.807) is 7.11 Å². The van der Waals surface area contributed by atoms with Crippen LogP contribution in [-0.2, 0) is 11.2 Å².